The number of benzene rings is 1. The van der Waals surface area contributed by atoms with Crippen LogP contribution in [0.5, 0.6) is 0 Å². The lowest BCUT2D eigenvalue weighted by atomic mass is 10.00. The Kier molecular flexibility index (Phi) is 13.3. The lowest BCUT2D eigenvalue weighted by Crippen LogP contribution is -2.35. The number of nitrogens with one attached hydrogen (secondary N) is 3. The molecule has 8 nitrogen and oxygen atoms in total. The van der Waals surface area contributed by atoms with E-state index in [1.165, 1.54) is 4.88 Å². The van der Waals surface area contributed by atoms with Crippen molar-refractivity contribution in [3.05, 3.63) is 50.9 Å². The van der Waals surface area contributed by atoms with Gasteiger partial charge in [-0.2, -0.15) is 0 Å². The number of aliphatic imine (C=N–C) groups is 1. The molecule has 0 unspecified atom stereocenters. The maximum Gasteiger partial charge on any atom is 0.204 e. The van der Waals surface area contributed by atoms with Crippen molar-refractivity contribution in [2.75, 3.05) is 37.7 Å². The third-order valence-corrected chi connectivity index (χ3v) is 6.21. The average molecular weight is 507 g/mol. The number of nitrogens with zero attached hydrogens (tertiary/aromatic N) is 2. The minimum atomic E-state index is 0.250. The maximum absolute atomic E-state index is 8.58. The maximum atomic E-state index is 8.58. The van der Waals surface area contributed by atoms with Gasteiger partial charge in [-0.25, -0.2) is 0 Å². The van der Waals surface area contributed by atoms with Gasteiger partial charge in [0.2, 0.25) is 6.41 Å². The van der Waals surface area contributed by atoms with Crippen molar-refractivity contribution in [2.45, 2.75) is 34.6 Å². The second kappa shape index (κ2) is 15.3. The molecule has 0 saturated carbocycles. The number of carbonyl (C=O) groups is 1. The largest absolute Gasteiger partial charge is 0.379 e. The summed E-state index contributed by atoms with van der Waals surface area (Å²) in [7, 11) is 0. The number of thiophene rings is 1. The summed E-state index contributed by atoms with van der Waals surface area (Å²) in [5.41, 5.74) is 8.18. The normalized spacial score (nSPS) is 14.5. The van der Waals surface area contributed by atoms with Gasteiger partial charge in [0, 0.05) is 34.1 Å². The number of anilines is 1. The summed E-state index contributed by atoms with van der Waals surface area (Å²) in [5.74, 6) is 0.661. The number of primary amides is 1. The van der Waals surface area contributed by atoms with E-state index in [-0.39, 0.29) is 13.0 Å². The first-order valence-corrected chi connectivity index (χ1v) is 12.3. The van der Waals surface area contributed by atoms with Gasteiger partial charge < -0.3 is 15.8 Å². The number of hydrogen-bond acceptors (Lipinski definition) is 7. The number of fused-ring (bicyclic) bond motifs is 1. The number of amides is 1. The smallest absolute Gasteiger partial charge is 0.204 e. The second-order valence-electron chi connectivity index (χ2n) is 7.00. The number of ether oxygens (including phenoxy) is 1. The van der Waals surface area contributed by atoms with E-state index in [2.05, 4.69) is 29.9 Å². The van der Waals surface area contributed by atoms with Gasteiger partial charge in [-0.1, -0.05) is 37.6 Å². The zero-order valence-electron chi connectivity index (χ0n) is 20.5. The third kappa shape index (κ3) is 8.02. The molecule has 2 aliphatic heterocycles. The molecule has 2 aliphatic rings. The fraction of sp³-hybridized carbons (Fsp3) is 0.417. The molecular formula is C24H35ClN6O2S. The van der Waals surface area contributed by atoms with Crippen LogP contribution in [-0.2, 0) is 9.53 Å². The molecule has 186 valence electrons. The quantitative estimate of drug-likeness (QED) is 0.260. The van der Waals surface area contributed by atoms with Crippen LogP contribution in [0.25, 0.3) is 0 Å². The Morgan fingerprint density at radius 3 is 2.24 bits per heavy atom. The molecule has 1 fully saturated rings. The highest BCUT2D eigenvalue weighted by atomic mass is 35.5. The first-order chi connectivity index (χ1) is 16.3. The molecule has 5 N–H and O–H groups in total. The Hall–Kier alpha value is -2.59. The molecule has 0 radical (unpaired) electrons. The average Bonchev–Trinajstić information content (AvgIpc) is 3.03. The van der Waals surface area contributed by atoms with Gasteiger partial charge in [-0.05, 0) is 38.5 Å². The number of halogens is 1. The summed E-state index contributed by atoms with van der Waals surface area (Å²) >= 11 is 7.61. The van der Waals surface area contributed by atoms with E-state index < -0.39 is 0 Å². The minimum absolute atomic E-state index is 0.250. The summed E-state index contributed by atoms with van der Waals surface area (Å²) in [6.45, 7) is 13.9. The molecular weight excluding hydrogens is 472 g/mol. The lowest BCUT2D eigenvalue weighted by Gasteiger charge is -2.21. The van der Waals surface area contributed by atoms with Gasteiger partial charge in [0.1, 0.15) is 16.7 Å². The number of rotatable bonds is 1. The van der Waals surface area contributed by atoms with Crippen molar-refractivity contribution < 1.29 is 9.53 Å². The molecule has 34 heavy (non-hydrogen) atoms. The summed E-state index contributed by atoms with van der Waals surface area (Å²) in [6.07, 6.45) is 0.250. The SMILES string of the molecule is C1COCCN1.CC.CC(=N)N1C(=N)CN=C(c2ccc(Cl)cc2)c2c1sc(C)c2C.NC=O. The molecule has 1 aromatic carbocycles. The summed E-state index contributed by atoms with van der Waals surface area (Å²) in [6, 6.07) is 7.61. The van der Waals surface area contributed by atoms with Crippen LogP contribution in [0.2, 0.25) is 5.02 Å². The predicted molar refractivity (Wildman–Crippen MR) is 145 cm³/mol. The van der Waals surface area contributed by atoms with Crippen LogP contribution in [0.4, 0.5) is 5.00 Å². The fourth-order valence-corrected chi connectivity index (χ4v) is 4.55. The number of amidine groups is 2. The van der Waals surface area contributed by atoms with E-state index in [0.717, 1.165) is 53.7 Å². The molecule has 2 aromatic rings. The molecule has 1 aromatic heterocycles. The van der Waals surface area contributed by atoms with Crippen LogP contribution in [-0.4, -0.2) is 56.6 Å². The van der Waals surface area contributed by atoms with E-state index in [1.54, 1.807) is 23.2 Å². The Balaban J connectivity index is 0.000000439. The van der Waals surface area contributed by atoms with Crippen LogP contribution in [0.3, 0.4) is 0 Å². The first-order valence-electron chi connectivity index (χ1n) is 11.1. The zero-order valence-corrected chi connectivity index (χ0v) is 22.1. The van der Waals surface area contributed by atoms with Gasteiger partial charge in [0.15, 0.2) is 0 Å². The Bertz CT molecular complexity index is 973. The van der Waals surface area contributed by atoms with E-state index in [1.807, 2.05) is 38.1 Å². The van der Waals surface area contributed by atoms with Crippen LogP contribution in [0.1, 0.15) is 42.3 Å². The van der Waals surface area contributed by atoms with Crippen molar-refractivity contribution in [2.24, 2.45) is 10.7 Å². The van der Waals surface area contributed by atoms with Crippen LogP contribution in [0, 0.1) is 24.7 Å². The van der Waals surface area contributed by atoms with Gasteiger partial charge >= 0.3 is 0 Å². The Labute approximate surface area is 211 Å². The van der Waals surface area contributed by atoms with Gasteiger partial charge in [0.25, 0.3) is 0 Å². The number of nitrogens with two attached hydrogens (primary N) is 1. The molecule has 0 atom stereocenters. The summed E-state index contributed by atoms with van der Waals surface area (Å²) in [4.78, 5) is 16.1. The number of hydrogen-bond donors (Lipinski definition) is 4. The number of morpholine rings is 1. The summed E-state index contributed by atoms with van der Waals surface area (Å²) in [5, 5.41) is 21.1. The molecule has 1 saturated heterocycles. The molecule has 0 aliphatic carbocycles. The highest BCUT2D eigenvalue weighted by Gasteiger charge is 2.28. The van der Waals surface area contributed by atoms with Crippen LogP contribution in [0.15, 0.2) is 29.3 Å². The molecule has 10 heteroatoms. The van der Waals surface area contributed by atoms with E-state index in [4.69, 9.17) is 32.0 Å². The third-order valence-electron chi connectivity index (χ3n) is 4.76. The van der Waals surface area contributed by atoms with E-state index >= 15 is 0 Å². The topological polar surface area (TPSA) is 128 Å². The Morgan fingerprint density at radius 2 is 1.79 bits per heavy atom. The minimum Gasteiger partial charge on any atom is -0.379 e. The molecule has 1 amide bonds. The van der Waals surface area contributed by atoms with Crippen molar-refractivity contribution in [1.82, 2.24) is 5.32 Å². The van der Waals surface area contributed by atoms with E-state index in [0.29, 0.717) is 16.7 Å². The lowest BCUT2D eigenvalue weighted by molar-refractivity contribution is -0.106. The first kappa shape index (κ1) is 29.4. The second-order valence-corrected chi connectivity index (χ2v) is 8.64. The Morgan fingerprint density at radius 1 is 1.24 bits per heavy atom. The van der Waals surface area contributed by atoms with Gasteiger partial charge in [-0.15, -0.1) is 11.3 Å². The van der Waals surface area contributed by atoms with Crippen LogP contribution < -0.4 is 16.0 Å². The predicted octanol–water partition coefficient (Wildman–Crippen LogP) is 4.38. The number of carbonyl (C=O) groups excluding carboxylic acids is 1. The monoisotopic (exact) mass is 506 g/mol. The molecule has 4 rings (SSSR count). The fourth-order valence-electron chi connectivity index (χ4n) is 3.19. The molecule has 3 heterocycles. The van der Waals surface area contributed by atoms with Crippen molar-refractivity contribution in [3.63, 3.8) is 0 Å². The highest BCUT2D eigenvalue weighted by molar-refractivity contribution is 7.17. The molecule has 0 bridgehead atoms. The van der Waals surface area contributed by atoms with Crippen LogP contribution >= 0.6 is 22.9 Å². The molecule has 0 spiro atoms. The zero-order chi connectivity index (χ0) is 25.7. The van der Waals surface area contributed by atoms with E-state index in [9.17, 15) is 0 Å². The van der Waals surface area contributed by atoms with Crippen molar-refractivity contribution >= 4 is 51.7 Å². The standard InChI is InChI=1S/C17H17ClN4S.C4H9NO.C2H6.CH3NO/c1-9-10(2)23-17-15(9)16(12-4-6-13(18)7-5-12)21-8-14(20)22(17)11(3)19;1-3-6-4-2-5-1;1-2;2-1-3/h4-7,19-20H,8H2,1-3H3;5H,1-4H2;1-2H3;1H,(H2,2,3). The highest BCUT2D eigenvalue weighted by Crippen LogP contribution is 2.39. The van der Waals surface area contributed by atoms with Gasteiger partial charge in [-0.3, -0.25) is 25.5 Å². The number of aryl methyl sites for hydroxylation is 1. The summed E-state index contributed by atoms with van der Waals surface area (Å²) < 4.78 is 5.01. The van der Waals surface area contributed by atoms with Crippen molar-refractivity contribution in [1.29, 1.82) is 10.8 Å². The van der Waals surface area contributed by atoms with Crippen molar-refractivity contribution in [3.8, 4) is 0 Å². The van der Waals surface area contributed by atoms with Gasteiger partial charge in [0.05, 0.1) is 25.5 Å².